The molecule has 15 heavy (non-hydrogen) atoms. The second-order valence-electron chi connectivity index (χ2n) is 5.64. The zero-order valence-corrected chi connectivity index (χ0v) is 10.6. The lowest BCUT2D eigenvalue weighted by Gasteiger charge is -2.56. The Hall–Kier alpha value is -0.0800. The van der Waals surface area contributed by atoms with E-state index in [1.54, 1.807) is 0 Å². The fraction of sp³-hybridized carbons (Fsp3) is 1.00. The van der Waals surface area contributed by atoms with Gasteiger partial charge in [0.05, 0.1) is 0 Å². The van der Waals surface area contributed by atoms with E-state index < -0.39 is 0 Å². The summed E-state index contributed by atoms with van der Waals surface area (Å²) in [5.41, 5.74) is 0.580. The molecule has 1 N–H and O–H groups in total. The van der Waals surface area contributed by atoms with Gasteiger partial charge in [0.15, 0.2) is 0 Å². The summed E-state index contributed by atoms with van der Waals surface area (Å²) in [4.78, 5) is 2.83. The average Bonchev–Trinajstić information content (AvgIpc) is 2.17. The highest BCUT2D eigenvalue weighted by molar-refractivity contribution is 5.01. The predicted molar refractivity (Wildman–Crippen MR) is 65.1 cm³/mol. The zero-order chi connectivity index (χ0) is 10.9. The Labute approximate surface area is 94.4 Å². The van der Waals surface area contributed by atoms with Crippen LogP contribution in [0.5, 0.6) is 0 Å². The number of piperazine rings is 1. The molecule has 88 valence electrons. The van der Waals surface area contributed by atoms with Gasteiger partial charge in [-0.25, -0.2) is 0 Å². The topological polar surface area (TPSA) is 15.3 Å². The Bertz CT molecular complexity index is 203. The Morgan fingerprint density at radius 1 is 1.40 bits per heavy atom. The number of hydrogen-bond donors (Lipinski definition) is 1. The smallest absolute Gasteiger partial charge is 0.0249 e. The van der Waals surface area contributed by atoms with E-state index in [0.29, 0.717) is 5.54 Å². The van der Waals surface area contributed by atoms with Gasteiger partial charge in [0.25, 0.3) is 0 Å². The van der Waals surface area contributed by atoms with Gasteiger partial charge in [-0.3, -0.25) is 4.90 Å². The van der Waals surface area contributed by atoms with E-state index in [1.807, 2.05) is 0 Å². The lowest BCUT2D eigenvalue weighted by atomic mass is 9.71. The molecule has 1 atom stereocenters. The van der Waals surface area contributed by atoms with E-state index in [9.17, 15) is 0 Å². The molecular formula is C13H26N2. The van der Waals surface area contributed by atoms with Gasteiger partial charge in [-0.2, -0.15) is 0 Å². The molecule has 1 heterocycles. The van der Waals surface area contributed by atoms with E-state index in [1.165, 1.54) is 45.3 Å². The average molecular weight is 210 g/mol. The predicted octanol–water partition coefficient (Wildman–Crippen LogP) is 2.25. The molecular weight excluding hydrogens is 184 g/mol. The highest BCUT2D eigenvalue weighted by Gasteiger charge is 2.44. The van der Waals surface area contributed by atoms with Crippen LogP contribution in [0.15, 0.2) is 0 Å². The van der Waals surface area contributed by atoms with E-state index in [4.69, 9.17) is 0 Å². The summed E-state index contributed by atoms with van der Waals surface area (Å²) >= 11 is 0. The van der Waals surface area contributed by atoms with Crippen molar-refractivity contribution in [2.45, 2.75) is 58.0 Å². The maximum Gasteiger partial charge on any atom is 0.0249 e. The molecule has 0 aromatic rings. The molecule has 1 aliphatic heterocycles. The SMILES string of the molecule is CCC1(N2CCNCC2C(C)C)CCC1. The highest BCUT2D eigenvalue weighted by atomic mass is 15.3. The normalized spacial score (nSPS) is 31.6. The standard InChI is InChI=1S/C13H26N2/c1-4-13(6-5-7-13)15-9-8-14-10-12(15)11(2)3/h11-12,14H,4-10H2,1-3H3. The molecule has 2 nitrogen and oxygen atoms in total. The number of rotatable bonds is 3. The summed E-state index contributed by atoms with van der Waals surface area (Å²) in [6.45, 7) is 10.7. The lowest BCUT2D eigenvalue weighted by Crippen LogP contribution is -2.65. The molecule has 0 radical (unpaired) electrons. The van der Waals surface area contributed by atoms with Crippen LogP contribution in [0.1, 0.15) is 46.5 Å². The summed E-state index contributed by atoms with van der Waals surface area (Å²) in [6.07, 6.45) is 5.66. The number of nitrogens with one attached hydrogen (secondary N) is 1. The molecule has 2 fully saturated rings. The van der Waals surface area contributed by atoms with Crippen LogP contribution in [0.3, 0.4) is 0 Å². The third-order valence-corrected chi connectivity index (χ3v) is 4.60. The van der Waals surface area contributed by atoms with Crippen molar-refractivity contribution in [3.05, 3.63) is 0 Å². The van der Waals surface area contributed by atoms with Gasteiger partial charge < -0.3 is 5.32 Å². The lowest BCUT2D eigenvalue weighted by molar-refractivity contribution is -0.0454. The summed E-state index contributed by atoms with van der Waals surface area (Å²) in [5.74, 6) is 0.779. The van der Waals surface area contributed by atoms with E-state index in [2.05, 4.69) is 31.0 Å². The minimum Gasteiger partial charge on any atom is -0.314 e. The molecule has 2 aliphatic rings. The van der Waals surface area contributed by atoms with Crippen molar-refractivity contribution in [3.63, 3.8) is 0 Å². The molecule has 0 spiro atoms. The van der Waals surface area contributed by atoms with Crippen LogP contribution in [-0.2, 0) is 0 Å². The summed E-state index contributed by atoms with van der Waals surface area (Å²) < 4.78 is 0. The van der Waals surface area contributed by atoms with Gasteiger partial charge in [-0.15, -0.1) is 0 Å². The zero-order valence-electron chi connectivity index (χ0n) is 10.6. The summed E-state index contributed by atoms with van der Waals surface area (Å²) in [7, 11) is 0. The maximum absolute atomic E-state index is 3.55. The molecule has 1 saturated carbocycles. The highest BCUT2D eigenvalue weighted by Crippen LogP contribution is 2.42. The quantitative estimate of drug-likeness (QED) is 0.768. The third kappa shape index (κ3) is 1.94. The Morgan fingerprint density at radius 2 is 2.13 bits per heavy atom. The van der Waals surface area contributed by atoms with E-state index in [-0.39, 0.29) is 0 Å². The van der Waals surface area contributed by atoms with Crippen LogP contribution in [-0.4, -0.2) is 36.1 Å². The first kappa shape index (κ1) is 11.4. The second kappa shape index (κ2) is 4.42. The largest absolute Gasteiger partial charge is 0.314 e. The van der Waals surface area contributed by atoms with Crippen LogP contribution >= 0.6 is 0 Å². The Morgan fingerprint density at radius 3 is 2.60 bits per heavy atom. The van der Waals surface area contributed by atoms with Crippen molar-refractivity contribution in [2.75, 3.05) is 19.6 Å². The molecule has 2 heteroatoms. The molecule has 2 rings (SSSR count). The molecule has 0 amide bonds. The third-order valence-electron chi connectivity index (χ3n) is 4.60. The minimum atomic E-state index is 0.580. The van der Waals surface area contributed by atoms with Crippen molar-refractivity contribution in [2.24, 2.45) is 5.92 Å². The second-order valence-corrected chi connectivity index (χ2v) is 5.64. The van der Waals surface area contributed by atoms with Crippen LogP contribution in [0, 0.1) is 5.92 Å². The van der Waals surface area contributed by atoms with Gasteiger partial charge in [0.2, 0.25) is 0 Å². The maximum atomic E-state index is 3.55. The van der Waals surface area contributed by atoms with E-state index >= 15 is 0 Å². The van der Waals surface area contributed by atoms with Gasteiger partial charge in [0.1, 0.15) is 0 Å². The number of nitrogens with zero attached hydrogens (tertiary/aromatic N) is 1. The van der Waals surface area contributed by atoms with Crippen LogP contribution < -0.4 is 5.32 Å². The first-order valence-electron chi connectivity index (χ1n) is 6.67. The monoisotopic (exact) mass is 210 g/mol. The van der Waals surface area contributed by atoms with Gasteiger partial charge >= 0.3 is 0 Å². The summed E-state index contributed by atoms with van der Waals surface area (Å²) in [6, 6.07) is 0.763. The van der Waals surface area contributed by atoms with Gasteiger partial charge in [0, 0.05) is 31.2 Å². The fourth-order valence-corrected chi connectivity index (χ4v) is 3.34. The Kier molecular flexibility index (Phi) is 3.36. The van der Waals surface area contributed by atoms with Crippen LogP contribution in [0.25, 0.3) is 0 Å². The minimum absolute atomic E-state index is 0.580. The van der Waals surface area contributed by atoms with Gasteiger partial charge in [-0.05, 0) is 31.6 Å². The Balaban J connectivity index is 2.09. The summed E-state index contributed by atoms with van der Waals surface area (Å²) in [5, 5.41) is 3.55. The first-order valence-corrected chi connectivity index (χ1v) is 6.67. The molecule has 1 aliphatic carbocycles. The van der Waals surface area contributed by atoms with Crippen molar-refractivity contribution in [1.82, 2.24) is 10.2 Å². The number of hydrogen-bond acceptors (Lipinski definition) is 2. The molecule has 0 bridgehead atoms. The molecule has 1 saturated heterocycles. The van der Waals surface area contributed by atoms with Crippen molar-refractivity contribution < 1.29 is 0 Å². The fourth-order valence-electron chi connectivity index (χ4n) is 3.34. The van der Waals surface area contributed by atoms with Crippen LogP contribution in [0.2, 0.25) is 0 Å². The molecule has 1 unspecified atom stereocenters. The van der Waals surface area contributed by atoms with Crippen molar-refractivity contribution >= 4 is 0 Å². The van der Waals surface area contributed by atoms with Gasteiger partial charge in [-0.1, -0.05) is 20.8 Å². The van der Waals surface area contributed by atoms with E-state index in [0.717, 1.165) is 12.0 Å². The van der Waals surface area contributed by atoms with Crippen molar-refractivity contribution in [1.29, 1.82) is 0 Å². The van der Waals surface area contributed by atoms with Crippen molar-refractivity contribution in [3.8, 4) is 0 Å². The van der Waals surface area contributed by atoms with Crippen LogP contribution in [0.4, 0.5) is 0 Å². The molecule has 0 aromatic heterocycles. The first-order chi connectivity index (χ1) is 7.19. The molecule has 0 aromatic carbocycles.